The van der Waals surface area contributed by atoms with Crippen LogP contribution in [0.4, 0.5) is 53.3 Å². The molecular weight excluding hydrogens is 957 g/mol. The molecule has 3 saturated heterocycles. The Morgan fingerprint density at radius 2 is 1.21 bits per heavy atom. The molecule has 0 spiro atoms. The second kappa shape index (κ2) is 20.2. The van der Waals surface area contributed by atoms with Gasteiger partial charge in [0, 0.05) is 61.6 Å². The zero-order chi connectivity index (χ0) is 49.1. The van der Waals surface area contributed by atoms with Crippen LogP contribution in [-0.2, 0) is 32.9 Å². The summed E-state index contributed by atoms with van der Waals surface area (Å²) >= 11 is 3.33. The Kier molecular flexibility index (Phi) is 14.6. The number of aromatic nitrogens is 10. The summed E-state index contributed by atoms with van der Waals surface area (Å²) in [5, 5.41) is 40.7. The number of aliphatic hydroxyl groups excluding tert-OH is 2. The Labute approximate surface area is 397 Å². The van der Waals surface area contributed by atoms with Crippen molar-refractivity contribution >= 4 is 75.6 Å². The number of anilines is 6. The second-order valence-electron chi connectivity index (χ2n) is 16.6. The van der Waals surface area contributed by atoms with E-state index in [1.165, 1.54) is 26.6 Å². The first-order chi connectivity index (χ1) is 32.3. The van der Waals surface area contributed by atoms with Crippen LogP contribution in [0.15, 0.2) is 77.5 Å². The van der Waals surface area contributed by atoms with E-state index < -0.39 is 54.3 Å². The molecule has 22 nitrogen and oxygen atoms in total. The maximum atomic E-state index is 14.7. The standard InChI is InChI=1S/C18H18FN7O3.C16H21BFNO5.C8H9BrN6/c1-24(17-21-22-23-25(17)2)16-6-3-11(8-20-16)14-5-4-12(7-15(14)19)26-9-13(10-27)29-18(26)28;1-15(2)16(3,4)24-17(23-15)12-6-5-10(7-13(12)18)19-8-11(9-20)22-14(19)21;1-14(8-11-12-13-15(8)2)7-4-3-6(9)5-10-7/h3-8,13,27H,9-10H2,1-2H3;5-7,11,20H,8-9H2,1-4H3;3-5H,1-2H3/t13-;11-;/m11./s1. The van der Waals surface area contributed by atoms with Gasteiger partial charge in [-0.05, 0) is 119 Å². The van der Waals surface area contributed by atoms with Crippen LogP contribution in [0, 0.1) is 11.6 Å². The highest BCUT2D eigenvalue weighted by atomic mass is 79.9. The number of halogens is 3. The van der Waals surface area contributed by atoms with Gasteiger partial charge >= 0.3 is 19.3 Å². The lowest BCUT2D eigenvalue weighted by Gasteiger charge is -2.32. The van der Waals surface area contributed by atoms with Gasteiger partial charge in [-0.2, -0.15) is 0 Å². The van der Waals surface area contributed by atoms with Gasteiger partial charge in [0.2, 0.25) is 0 Å². The quantitative estimate of drug-likeness (QED) is 0.184. The van der Waals surface area contributed by atoms with E-state index >= 15 is 0 Å². The third kappa shape index (κ3) is 10.5. The van der Waals surface area contributed by atoms with Crippen molar-refractivity contribution in [2.75, 3.05) is 60.0 Å². The van der Waals surface area contributed by atoms with Crippen molar-refractivity contribution in [2.45, 2.75) is 51.1 Å². The molecule has 3 aliphatic rings. The van der Waals surface area contributed by atoms with Crippen LogP contribution < -0.4 is 25.1 Å². The fraction of sp³-hybridized carbons (Fsp3) is 0.381. The number of aliphatic hydroxyl groups is 2. The fourth-order valence-electron chi connectivity index (χ4n) is 6.94. The van der Waals surface area contributed by atoms with Crippen molar-refractivity contribution in [3.63, 3.8) is 0 Å². The molecule has 2 aromatic carbocycles. The van der Waals surface area contributed by atoms with E-state index in [4.69, 9.17) is 29.0 Å². The van der Waals surface area contributed by atoms with E-state index in [-0.39, 0.29) is 31.8 Å². The Bertz CT molecular complexity index is 2720. The molecule has 0 radical (unpaired) electrons. The molecule has 68 heavy (non-hydrogen) atoms. The van der Waals surface area contributed by atoms with Crippen molar-refractivity contribution in [3.8, 4) is 11.1 Å². The molecule has 3 aliphatic heterocycles. The summed E-state index contributed by atoms with van der Waals surface area (Å²) in [4.78, 5) is 38.4. The highest BCUT2D eigenvalue weighted by molar-refractivity contribution is 9.10. The minimum Gasteiger partial charge on any atom is -0.441 e. The Balaban J connectivity index is 0.000000158. The van der Waals surface area contributed by atoms with Gasteiger partial charge in [-0.25, -0.2) is 37.7 Å². The molecule has 358 valence electrons. The zero-order valence-electron chi connectivity index (χ0n) is 38.2. The van der Waals surface area contributed by atoms with Crippen molar-refractivity contribution in [1.29, 1.82) is 0 Å². The summed E-state index contributed by atoms with van der Waals surface area (Å²) in [7, 11) is 6.33. The van der Waals surface area contributed by atoms with Crippen molar-refractivity contribution in [2.24, 2.45) is 14.1 Å². The highest BCUT2D eigenvalue weighted by Gasteiger charge is 2.52. The van der Waals surface area contributed by atoms with Gasteiger partial charge in [0.05, 0.1) is 48.9 Å². The number of carbonyl (C=O) groups excluding carboxylic acids is 2. The topological polar surface area (TPSA) is 237 Å². The van der Waals surface area contributed by atoms with Gasteiger partial charge in [-0.3, -0.25) is 19.6 Å². The average Bonchev–Trinajstić information content (AvgIpc) is 4.15. The molecule has 2 atom stereocenters. The van der Waals surface area contributed by atoms with Gasteiger partial charge in [-0.15, -0.1) is 0 Å². The summed E-state index contributed by atoms with van der Waals surface area (Å²) in [6, 6.07) is 16.2. The summed E-state index contributed by atoms with van der Waals surface area (Å²) in [5.41, 5.74) is 0.830. The van der Waals surface area contributed by atoms with Crippen LogP contribution in [0.3, 0.4) is 0 Å². The zero-order valence-corrected chi connectivity index (χ0v) is 39.8. The van der Waals surface area contributed by atoms with Gasteiger partial charge in [0.25, 0.3) is 11.9 Å². The van der Waals surface area contributed by atoms with Crippen LogP contribution in [0.1, 0.15) is 27.7 Å². The van der Waals surface area contributed by atoms with E-state index in [1.54, 1.807) is 79.5 Å². The third-order valence-corrected chi connectivity index (χ3v) is 11.9. The van der Waals surface area contributed by atoms with Crippen LogP contribution in [0.25, 0.3) is 11.1 Å². The number of nitrogens with zero attached hydrogens (tertiary/aromatic N) is 14. The first-order valence-electron chi connectivity index (χ1n) is 20.9. The minimum atomic E-state index is -0.806. The third-order valence-electron chi connectivity index (χ3n) is 11.5. The van der Waals surface area contributed by atoms with Crippen molar-refractivity contribution in [1.82, 2.24) is 50.4 Å². The lowest BCUT2D eigenvalue weighted by atomic mass is 9.78. The fourth-order valence-corrected chi connectivity index (χ4v) is 7.17. The largest absolute Gasteiger partial charge is 0.497 e. The molecule has 3 fully saturated rings. The molecule has 0 aliphatic carbocycles. The van der Waals surface area contributed by atoms with Crippen LogP contribution in [0.5, 0.6) is 0 Å². The lowest BCUT2D eigenvalue weighted by molar-refractivity contribution is 0.00578. The molecule has 0 unspecified atom stereocenters. The van der Waals surface area contributed by atoms with Crippen molar-refractivity contribution < 1.29 is 47.4 Å². The van der Waals surface area contributed by atoms with Crippen LogP contribution in [0.2, 0.25) is 0 Å². The monoisotopic (exact) mass is 1000 g/mol. The summed E-state index contributed by atoms with van der Waals surface area (Å²) in [6.07, 6.45) is 0.877. The van der Waals surface area contributed by atoms with Gasteiger partial charge in [0.1, 0.15) is 35.5 Å². The van der Waals surface area contributed by atoms with Gasteiger partial charge in [0.15, 0.2) is 0 Å². The smallest absolute Gasteiger partial charge is 0.441 e. The summed E-state index contributed by atoms with van der Waals surface area (Å²) < 4.78 is 55.0. The molecule has 2 amide bonds. The second-order valence-corrected chi connectivity index (χ2v) is 17.5. The summed E-state index contributed by atoms with van der Waals surface area (Å²) in [6.45, 7) is 7.40. The maximum Gasteiger partial charge on any atom is 0.497 e. The molecule has 2 N–H and O–H groups in total. The molecule has 0 saturated carbocycles. The minimum absolute atomic E-state index is 0.174. The average molecular weight is 1010 g/mol. The van der Waals surface area contributed by atoms with E-state index in [9.17, 15) is 18.4 Å². The predicted octanol–water partition coefficient (Wildman–Crippen LogP) is 4.07. The Morgan fingerprint density at radius 3 is 1.60 bits per heavy atom. The Hall–Kier alpha value is -6.74. The van der Waals surface area contributed by atoms with Crippen LogP contribution >= 0.6 is 15.9 Å². The molecule has 7 heterocycles. The van der Waals surface area contributed by atoms with E-state index in [0.29, 0.717) is 40.2 Å². The Morgan fingerprint density at radius 1 is 0.721 bits per heavy atom. The van der Waals surface area contributed by atoms with Crippen LogP contribution in [-0.4, -0.2) is 144 Å². The van der Waals surface area contributed by atoms with E-state index in [1.807, 2.05) is 51.8 Å². The molecule has 6 aromatic rings. The van der Waals surface area contributed by atoms with E-state index in [2.05, 4.69) is 56.9 Å². The van der Waals surface area contributed by atoms with E-state index in [0.717, 1.165) is 10.3 Å². The van der Waals surface area contributed by atoms with Gasteiger partial charge < -0.3 is 29.0 Å². The number of amides is 2. The summed E-state index contributed by atoms with van der Waals surface area (Å²) in [5.74, 6) is 1.52. The molecule has 26 heteroatoms. The molecule has 9 rings (SSSR count). The first-order valence-corrected chi connectivity index (χ1v) is 21.7. The first kappa shape index (κ1) is 49.2. The number of tetrazole rings is 2. The van der Waals surface area contributed by atoms with Gasteiger partial charge in [-0.1, -0.05) is 16.3 Å². The lowest BCUT2D eigenvalue weighted by Crippen LogP contribution is -2.41. The number of ether oxygens (including phenoxy) is 2. The number of aryl methyl sites for hydroxylation is 2. The predicted molar refractivity (Wildman–Crippen MR) is 247 cm³/mol. The highest BCUT2D eigenvalue weighted by Crippen LogP contribution is 2.37. The maximum absolute atomic E-state index is 14.7. The normalized spacial score (nSPS) is 18.1. The molecule has 0 bridgehead atoms. The molecule has 4 aromatic heterocycles. The van der Waals surface area contributed by atoms with Crippen molar-refractivity contribution in [3.05, 3.63) is 89.2 Å². The molecular formula is C42H48BBrF2N14O8. The number of rotatable bonds is 10. The number of benzene rings is 2. The number of hydrogen-bond acceptors (Lipinski definition) is 18. The number of carbonyl (C=O) groups is 2. The number of hydrogen-bond donors (Lipinski definition) is 2. The SMILES string of the molecule is CC1(C)OB(c2ccc(N3C[C@H](CO)OC3=O)cc2F)OC1(C)C.CN(c1ccc(-c2ccc(N3C[C@H](CO)OC3=O)cc2F)cn1)c1nnnn1C.CN(c1ccc(Br)cn1)c1nnnn1C. The number of pyridine rings is 2. The number of cyclic esters (lactones) is 2.